The number of amides is 1. The van der Waals surface area contributed by atoms with Gasteiger partial charge in [0.05, 0.1) is 16.3 Å². The van der Waals surface area contributed by atoms with Gasteiger partial charge in [0.25, 0.3) is 5.91 Å². The third-order valence-corrected chi connectivity index (χ3v) is 2.92. The first-order chi connectivity index (χ1) is 8.99. The maximum atomic E-state index is 11.4. The Morgan fingerprint density at radius 3 is 2.68 bits per heavy atom. The Morgan fingerprint density at radius 2 is 2.00 bits per heavy atom. The van der Waals surface area contributed by atoms with Crippen LogP contribution in [0.5, 0.6) is 11.5 Å². The summed E-state index contributed by atoms with van der Waals surface area (Å²) in [7, 11) is 0. The Labute approximate surface area is 115 Å². The number of aryl methyl sites for hydroxylation is 1. The van der Waals surface area contributed by atoms with Gasteiger partial charge in [-0.1, -0.05) is 23.7 Å². The van der Waals surface area contributed by atoms with Crippen LogP contribution in [0.2, 0.25) is 5.02 Å². The van der Waals surface area contributed by atoms with Gasteiger partial charge in [0.1, 0.15) is 5.75 Å². The van der Waals surface area contributed by atoms with Crippen molar-refractivity contribution in [2.24, 2.45) is 5.73 Å². The first-order valence-corrected chi connectivity index (χ1v) is 5.99. The predicted molar refractivity (Wildman–Crippen MR) is 75.6 cm³/mol. The summed E-state index contributed by atoms with van der Waals surface area (Å²) >= 11 is 6.05. The molecule has 0 saturated carbocycles. The number of hydrogen-bond donors (Lipinski definition) is 2. The first kappa shape index (κ1) is 13.2. The summed E-state index contributed by atoms with van der Waals surface area (Å²) < 4.78 is 5.66. The number of nitrogens with two attached hydrogens (primary N) is 2. The van der Waals surface area contributed by atoms with Crippen molar-refractivity contribution < 1.29 is 9.53 Å². The number of rotatable bonds is 3. The minimum atomic E-state index is -0.605. The van der Waals surface area contributed by atoms with Crippen LogP contribution in [0.4, 0.5) is 5.69 Å². The topological polar surface area (TPSA) is 78.3 Å². The van der Waals surface area contributed by atoms with E-state index in [0.29, 0.717) is 16.5 Å². The summed E-state index contributed by atoms with van der Waals surface area (Å²) in [6, 6.07) is 10.2. The van der Waals surface area contributed by atoms with E-state index in [-0.39, 0.29) is 11.3 Å². The molecule has 0 aromatic heterocycles. The first-order valence-electron chi connectivity index (χ1n) is 5.61. The summed E-state index contributed by atoms with van der Waals surface area (Å²) in [5.74, 6) is 0.0515. The number of nitrogen functional groups attached to an aromatic ring is 1. The smallest absolute Gasteiger partial charge is 0.252 e. The van der Waals surface area contributed by atoms with Crippen LogP contribution >= 0.6 is 11.6 Å². The molecule has 2 rings (SSSR count). The number of primary amides is 1. The molecular formula is C14H13ClN2O2. The third kappa shape index (κ3) is 2.80. The van der Waals surface area contributed by atoms with E-state index < -0.39 is 5.91 Å². The second-order valence-corrected chi connectivity index (χ2v) is 4.53. The fraction of sp³-hybridized carbons (Fsp3) is 0.0714. The fourth-order valence-electron chi connectivity index (χ4n) is 1.66. The highest BCUT2D eigenvalue weighted by Gasteiger charge is 2.14. The van der Waals surface area contributed by atoms with Crippen LogP contribution in [0.15, 0.2) is 36.4 Å². The normalized spacial score (nSPS) is 10.2. The van der Waals surface area contributed by atoms with Gasteiger partial charge < -0.3 is 16.2 Å². The fourth-order valence-corrected chi connectivity index (χ4v) is 1.82. The molecular weight excluding hydrogens is 264 g/mol. The highest BCUT2D eigenvalue weighted by Crippen LogP contribution is 2.35. The van der Waals surface area contributed by atoms with Crippen molar-refractivity contribution in [1.82, 2.24) is 0 Å². The molecule has 0 atom stereocenters. The zero-order chi connectivity index (χ0) is 14.0. The summed E-state index contributed by atoms with van der Waals surface area (Å²) in [6.07, 6.45) is 0. The van der Waals surface area contributed by atoms with E-state index in [2.05, 4.69) is 0 Å². The van der Waals surface area contributed by atoms with Gasteiger partial charge in [-0.15, -0.1) is 0 Å². The molecule has 0 aliphatic rings. The zero-order valence-corrected chi connectivity index (χ0v) is 11.1. The Morgan fingerprint density at radius 1 is 1.26 bits per heavy atom. The summed E-state index contributed by atoms with van der Waals surface area (Å²) in [6.45, 7) is 1.91. The molecule has 0 saturated heterocycles. The number of carbonyl (C=O) groups excluding carboxylic acids is 1. The van der Waals surface area contributed by atoms with Crippen LogP contribution in [0.25, 0.3) is 0 Å². The highest BCUT2D eigenvalue weighted by molar-refractivity contribution is 6.32. The quantitative estimate of drug-likeness (QED) is 0.846. The molecule has 0 bridgehead atoms. The third-order valence-electron chi connectivity index (χ3n) is 2.61. The Balaban J connectivity index is 2.49. The van der Waals surface area contributed by atoms with E-state index in [4.69, 9.17) is 27.8 Å². The second kappa shape index (κ2) is 5.20. The molecule has 19 heavy (non-hydrogen) atoms. The van der Waals surface area contributed by atoms with E-state index in [1.165, 1.54) is 0 Å². The van der Waals surface area contributed by atoms with Crippen molar-refractivity contribution in [2.45, 2.75) is 6.92 Å². The second-order valence-electron chi connectivity index (χ2n) is 4.12. The molecule has 5 heteroatoms. The predicted octanol–water partition coefficient (Wildman–Crippen LogP) is 3.12. The van der Waals surface area contributed by atoms with Gasteiger partial charge in [-0.2, -0.15) is 0 Å². The van der Waals surface area contributed by atoms with Gasteiger partial charge in [-0.25, -0.2) is 0 Å². The lowest BCUT2D eigenvalue weighted by Crippen LogP contribution is -2.13. The number of benzene rings is 2. The van der Waals surface area contributed by atoms with Crippen molar-refractivity contribution in [3.05, 3.63) is 52.5 Å². The zero-order valence-electron chi connectivity index (χ0n) is 10.3. The molecule has 0 aliphatic heterocycles. The van der Waals surface area contributed by atoms with E-state index in [9.17, 15) is 4.79 Å². The molecule has 0 unspecified atom stereocenters. The molecule has 0 aliphatic carbocycles. The lowest BCUT2D eigenvalue weighted by molar-refractivity contribution is 0.0998. The average molecular weight is 277 g/mol. The maximum Gasteiger partial charge on any atom is 0.252 e. The van der Waals surface area contributed by atoms with Gasteiger partial charge >= 0.3 is 0 Å². The monoisotopic (exact) mass is 276 g/mol. The van der Waals surface area contributed by atoms with Gasteiger partial charge in [-0.05, 0) is 36.8 Å². The Bertz CT molecular complexity index is 641. The number of anilines is 1. The minimum absolute atomic E-state index is 0.220. The largest absolute Gasteiger partial charge is 0.453 e. The van der Waals surface area contributed by atoms with E-state index >= 15 is 0 Å². The van der Waals surface area contributed by atoms with Gasteiger partial charge in [0.2, 0.25) is 0 Å². The van der Waals surface area contributed by atoms with E-state index in [0.717, 1.165) is 5.56 Å². The molecule has 0 radical (unpaired) electrons. The van der Waals surface area contributed by atoms with Crippen molar-refractivity contribution in [2.75, 3.05) is 5.73 Å². The summed E-state index contributed by atoms with van der Waals surface area (Å²) in [4.78, 5) is 11.4. The van der Waals surface area contributed by atoms with Crippen LogP contribution in [-0.2, 0) is 0 Å². The molecule has 0 heterocycles. The SMILES string of the molecule is Cc1ccc(Cl)c(Oc2c(N)cccc2C(N)=O)c1. The average Bonchev–Trinajstić information content (AvgIpc) is 2.35. The molecule has 0 spiro atoms. The molecule has 4 N–H and O–H groups in total. The Hall–Kier alpha value is -2.20. The number of carbonyl (C=O) groups is 1. The van der Waals surface area contributed by atoms with Gasteiger partial charge in [-0.3, -0.25) is 4.79 Å². The lowest BCUT2D eigenvalue weighted by atomic mass is 10.1. The van der Waals surface area contributed by atoms with Crippen LogP contribution in [0.1, 0.15) is 15.9 Å². The van der Waals surface area contributed by atoms with Gasteiger partial charge in [0.15, 0.2) is 5.75 Å². The molecule has 0 fully saturated rings. The van der Waals surface area contributed by atoms with Crippen molar-refractivity contribution in [1.29, 1.82) is 0 Å². The van der Waals surface area contributed by atoms with Crippen LogP contribution < -0.4 is 16.2 Å². The van der Waals surface area contributed by atoms with E-state index in [1.807, 2.05) is 13.0 Å². The maximum absolute atomic E-state index is 11.4. The van der Waals surface area contributed by atoms with Crippen LogP contribution in [-0.4, -0.2) is 5.91 Å². The molecule has 98 valence electrons. The molecule has 2 aromatic carbocycles. The number of hydrogen-bond acceptors (Lipinski definition) is 3. The lowest BCUT2D eigenvalue weighted by Gasteiger charge is -2.13. The minimum Gasteiger partial charge on any atom is -0.453 e. The van der Waals surface area contributed by atoms with Crippen LogP contribution in [0, 0.1) is 6.92 Å². The van der Waals surface area contributed by atoms with Gasteiger partial charge in [0, 0.05) is 0 Å². The molecule has 4 nitrogen and oxygen atoms in total. The van der Waals surface area contributed by atoms with Crippen molar-refractivity contribution in [3.8, 4) is 11.5 Å². The summed E-state index contributed by atoms with van der Waals surface area (Å²) in [5.41, 5.74) is 12.6. The number of ether oxygens (including phenoxy) is 1. The standard InChI is InChI=1S/C14H13ClN2O2/c1-8-5-6-10(15)12(7-8)19-13-9(14(17)18)3-2-4-11(13)16/h2-7H,16H2,1H3,(H2,17,18). The molecule has 2 aromatic rings. The highest BCUT2D eigenvalue weighted by atomic mass is 35.5. The van der Waals surface area contributed by atoms with Crippen molar-refractivity contribution in [3.63, 3.8) is 0 Å². The number of para-hydroxylation sites is 1. The molecule has 1 amide bonds. The van der Waals surface area contributed by atoms with E-state index in [1.54, 1.807) is 30.3 Å². The number of halogens is 1. The Kier molecular flexibility index (Phi) is 3.62. The van der Waals surface area contributed by atoms with Crippen molar-refractivity contribution >= 4 is 23.2 Å². The van der Waals surface area contributed by atoms with Crippen LogP contribution in [0.3, 0.4) is 0 Å². The summed E-state index contributed by atoms with van der Waals surface area (Å²) in [5, 5.41) is 0.435.